The van der Waals surface area contributed by atoms with Crippen molar-refractivity contribution in [3.8, 4) is 17.3 Å². The Bertz CT molecular complexity index is 907. The smallest absolute Gasteiger partial charge is 0.264 e. The Morgan fingerprint density at radius 1 is 1.15 bits per heavy atom. The number of benzene rings is 1. The first kappa shape index (κ1) is 18.2. The number of ether oxygens (including phenoxy) is 1. The van der Waals surface area contributed by atoms with Crippen molar-refractivity contribution in [3.05, 3.63) is 54.2 Å². The highest BCUT2D eigenvalue weighted by atomic mass is 16.5. The van der Waals surface area contributed by atoms with Crippen LogP contribution in [-0.4, -0.2) is 38.5 Å². The van der Waals surface area contributed by atoms with E-state index in [0.29, 0.717) is 30.1 Å². The van der Waals surface area contributed by atoms with Gasteiger partial charge in [-0.05, 0) is 43.2 Å². The third-order valence-corrected chi connectivity index (χ3v) is 3.70. The standard InChI is InChI=1S/C19H19N5O3/c1-13(25)5-6-14-7-9-15(10-8-14)27-12-17(26)21-19-22-18(23-24-19)16-4-2-3-11-20-16/h2-4,7-11H,5-6,12H2,1H3,(H2,21,22,23,24,26). The van der Waals surface area contributed by atoms with Gasteiger partial charge in [0.25, 0.3) is 5.91 Å². The van der Waals surface area contributed by atoms with Crippen molar-refractivity contribution in [3.63, 3.8) is 0 Å². The number of anilines is 1. The molecule has 1 amide bonds. The second-order valence-electron chi connectivity index (χ2n) is 5.91. The van der Waals surface area contributed by atoms with Gasteiger partial charge in [0.1, 0.15) is 17.2 Å². The zero-order chi connectivity index (χ0) is 19.1. The second kappa shape index (κ2) is 8.70. The maximum atomic E-state index is 12.0. The van der Waals surface area contributed by atoms with Gasteiger partial charge < -0.3 is 9.53 Å². The van der Waals surface area contributed by atoms with E-state index in [1.54, 1.807) is 37.4 Å². The van der Waals surface area contributed by atoms with Crippen molar-refractivity contribution < 1.29 is 14.3 Å². The zero-order valence-corrected chi connectivity index (χ0v) is 14.8. The van der Waals surface area contributed by atoms with Crippen LogP contribution in [0.1, 0.15) is 18.9 Å². The van der Waals surface area contributed by atoms with Gasteiger partial charge in [-0.2, -0.15) is 4.98 Å². The number of ketones is 1. The summed E-state index contributed by atoms with van der Waals surface area (Å²) in [6, 6.07) is 12.7. The second-order valence-corrected chi connectivity index (χ2v) is 5.91. The van der Waals surface area contributed by atoms with Crippen LogP contribution in [0, 0.1) is 0 Å². The van der Waals surface area contributed by atoms with Crippen LogP contribution in [0.25, 0.3) is 11.5 Å². The molecular weight excluding hydrogens is 346 g/mol. The third kappa shape index (κ3) is 5.46. The molecule has 0 spiro atoms. The van der Waals surface area contributed by atoms with Crippen LogP contribution in [0.5, 0.6) is 5.75 Å². The van der Waals surface area contributed by atoms with Crippen LogP contribution in [0.4, 0.5) is 5.95 Å². The average molecular weight is 365 g/mol. The lowest BCUT2D eigenvalue weighted by Crippen LogP contribution is -2.20. The molecule has 0 fully saturated rings. The van der Waals surface area contributed by atoms with Crippen molar-refractivity contribution in [2.24, 2.45) is 0 Å². The number of aromatic nitrogens is 4. The fourth-order valence-electron chi connectivity index (χ4n) is 2.32. The highest BCUT2D eigenvalue weighted by molar-refractivity contribution is 5.90. The lowest BCUT2D eigenvalue weighted by atomic mass is 10.1. The molecule has 0 aliphatic heterocycles. The van der Waals surface area contributed by atoms with Crippen molar-refractivity contribution in [1.82, 2.24) is 20.2 Å². The van der Waals surface area contributed by atoms with Gasteiger partial charge in [0.15, 0.2) is 12.4 Å². The van der Waals surface area contributed by atoms with Crippen molar-refractivity contribution in [2.75, 3.05) is 11.9 Å². The molecule has 138 valence electrons. The van der Waals surface area contributed by atoms with Crippen molar-refractivity contribution >= 4 is 17.6 Å². The first-order valence-corrected chi connectivity index (χ1v) is 8.45. The monoisotopic (exact) mass is 365 g/mol. The highest BCUT2D eigenvalue weighted by Gasteiger charge is 2.10. The van der Waals surface area contributed by atoms with Crippen molar-refractivity contribution in [2.45, 2.75) is 19.8 Å². The molecule has 0 atom stereocenters. The summed E-state index contributed by atoms with van der Waals surface area (Å²) in [7, 11) is 0. The van der Waals surface area contributed by atoms with Gasteiger partial charge >= 0.3 is 0 Å². The van der Waals surface area contributed by atoms with Crippen LogP contribution in [-0.2, 0) is 16.0 Å². The van der Waals surface area contributed by atoms with Crippen LogP contribution < -0.4 is 10.1 Å². The van der Waals surface area contributed by atoms with E-state index in [2.05, 4.69) is 25.5 Å². The van der Waals surface area contributed by atoms with Crippen LogP contribution in [0.2, 0.25) is 0 Å². The highest BCUT2D eigenvalue weighted by Crippen LogP contribution is 2.14. The number of H-pyrrole nitrogens is 1. The number of aromatic amines is 1. The van der Waals surface area contributed by atoms with E-state index in [4.69, 9.17) is 4.74 Å². The maximum absolute atomic E-state index is 12.0. The van der Waals surface area contributed by atoms with Gasteiger partial charge in [-0.3, -0.25) is 20.2 Å². The molecule has 0 aliphatic rings. The summed E-state index contributed by atoms with van der Waals surface area (Å²) < 4.78 is 5.45. The minimum Gasteiger partial charge on any atom is -0.484 e. The fourth-order valence-corrected chi connectivity index (χ4v) is 2.32. The molecule has 3 rings (SSSR count). The lowest BCUT2D eigenvalue weighted by Gasteiger charge is -2.06. The number of hydrogen-bond donors (Lipinski definition) is 2. The molecule has 3 aromatic rings. The molecule has 0 radical (unpaired) electrons. The van der Waals surface area contributed by atoms with E-state index in [-0.39, 0.29) is 24.2 Å². The Labute approximate surface area is 156 Å². The lowest BCUT2D eigenvalue weighted by molar-refractivity contribution is -0.118. The van der Waals surface area contributed by atoms with Crippen LogP contribution in [0.15, 0.2) is 48.7 Å². The van der Waals surface area contributed by atoms with Gasteiger partial charge in [-0.25, -0.2) is 0 Å². The van der Waals surface area contributed by atoms with Crippen LogP contribution >= 0.6 is 0 Å². The SMILES string of the molecule is CC(=O)CCc1ccc(OCC(=O)Nc2n[nH]c(-c3ccccn3)n2)cc1. The molecule has 27 heavy (non-hydrogen) atoms. The van der Waals surface area contributed by atoms with E-state index in [1.807, 2.05) is 18.2 Å². The molecule has 2 heterocycles. The Hall–Kier alpha value is -3.55. The molecule has 0 saturated carbocycles. The number of carbonyl (C=O) groups is 2. The van der Waals surface area contributed by atoms with Gasteiger partial charge in [0.05, 0.1) is 0 Å². The third-order valence-electron chi connectivity index (χ3n) is 3.70. The van der Waals surface area contributed by atoms with Gasteiger partial charge in [0.2, 0.25) is 5.95 Å². The number of carbonyl (C=O) groups excluding carboxylic acids is 2. The number of nitrogens with zero attached hydrogens (tertiary/aromatic N) is 3. The largest absolute Gasteiger partial charge is 0.484 e. The first-order chi connectivity index (χ1) is 13.1. The number of Topliss-reactive ketones (excluding diaryl/α,β-unsaturated/α-hetero) is 1. The molecular formula is C19H19N5O3. The van der Waals surface area contributed by atoms with Gasteiger partial charge in [-0.15, -0.1) is 5.10 Å². The molecule has 0 bridgehead atoms. The molecule has 8 nitrogen and oxygen atoms in total. The number of rotatable bonds is 8. The van der Waals surface area contributed by atoms with Gasteiger partial charge in [-0.1, -0.05) is 18.2 Å². The molecule has 1 aromatic carbocycles. The number of pyridine rings is 1. The molecule has 8 heteroatoms. The summed E-state index contributed by atoms with van der Waals surface area (Å²) >= 11 is 0. The maximum Gasteiger partial charge on any atom is 0.264 e. The predicted molar refractivity (Wildman–Crippen MR) is 99.2 cm³/mol. The van der Waals surface area contributed by atoms with E-state index in [9.17, 15) is 9.59 Å². The first-order valence-electron chi connectivity index (χ1n) is 8.45. The summed E-state index contributed by atoms with van der Waals surface area (Å²) in [5, 5.41) is 9.23. The summed E-state index contributed by atoms with van der Waals surface area (Å²) in [4.78, 5) is 31.3. The van der Waals surface area contributed by atoms with E-state index >= 15 is 0 Å². The summed E-state index contributed by atoms with van der Waals surface area (Å²) in [5.41, 5.74) is 1.68. The van der Waals surface area contributed by atoms with Crippen molar-refractivity contribution in [1.29, 1.82) is 0 Å². The normalized spacial score (nSPS) is 10.4. The fraction of sp³-hybridized carbons (Fsp3) is 0.211. The Balaban J connectivity index is 1.48. The summed E-state index contributed by atoms with van der Waals surface area (Å²) in [6.45, 7) is 1.41. The minimum atomic E-state index is -0.373. The molecule has 2 aromatic heterocycles. The van der Waals surface area contributed by atoms with E-state index in [1.165, 1.54) is 0 Å². The van der Waals surface area contributed by atoms with Crippen LogP contribution in [0.3, 0.4) is 0 Å². The molecule has 0 unspecified atom stereocenters. The molecule has 0 aliphatic carbocycles. The Morgan fingerprint density at radius 3 is 2.67 bits per heavy atom. The number of amides is 1. The number of hydrogen-bond acceptors (Lipinski definition) is 6. The number of aryl methyl sites for hydroxylation is 1. The molecule has 0 saturated heterocycles. The Morgan fingerprint density at radius 2 is 1.96 bits per heavy atom. The summed E-state index contributed by atoms with van der Waals surface area (Å²) in [6.07, 6.45) is 2.86. The average Bonchev–Trinajstić information content (AvgIpc) is 3.14. The topological polar surface area (TPSA) is 110 Å². The Kier molecular flexibility index (Phi) is 5.88. The van der Waals surface area contributed by atoms with Gasteiger partial charge in [0, 0.05) is 12.6 Å². The predicted octanol–water partition coefficient (Wildman–Crippen LogP) is 2.41. The summed E-state index contributed by atoms with van der Waals surface area (Å²) in [5.74, 6) is 0.977. The minimum absolute atomic E-state index is 0.156. The zero-order valence-electron chi connectivity index (χ0n) is 14.8. The quantitative estimate of drug-likeness (QED) is 0.634. The van der Waals surface area contributed by atoms with E-state index < -0.39 is 0 Å². The van der Waals surface area contributed by atoms with E-state index in [0.717, 1.165) is 5.56 Å². The number of nitrogens with one attached hydrogen (secondary N) is 2. The molecule has 2 N–H and O–H groups in total.